The molecule has 0 saturated carbocycles. The number of hydrogen-bond donors (Lipinski definition) is 0. The van der Waals surface area contributed by atoms with E-state index in [-0.39, 0.29) is 13.0 Å². The van der Waals surface area contributed by atoms with Crippen molar-refractivity contribution in [3.63, 3.8) is 0 Å². The highest BCUT2D eigenvalue weighted by atomic mass is 16.4. The Kier molecular flexibility index (Phi) is 7.68. The monoisotopic (exact) mass is 550 g/mol. The highest BCUT2D eigenvalue weighted by Gasteiger charge is 2.39. The first-order chi connectivity index (χ1) is 21.4. The van der Waals surface area contributed by atoms with E-state index in [9.17, 15) is 0 Å². The van der Waals surface area contributed by atoms with Gasteiger partial charge in [-0.25, -0.2) is 0 Å². The second-order valence-corrected chi connectivity index (χ2v) is 10.8. The van der Waals surface area contributed by atoms with Gasteiger partial charge in [0.15, 0.2) is 0 Å². The average Bonchev–Trinajstić information content (AvgIpc) is 3.26. The van der Waals surface area contributed by atoms with Crippen molar-refractivity contribution >= 4 is 34.6 Å². The maximum atomic E-state index is 7.51. The van der Waals surface area contributed by atoms with E-state index in [0.29, 0.717) is 0 Å². The topological polar surface area (TPSA) is 9.23 Å². The maximum absolute atomic E-state index is 7.51. The highest BCUT2D eigenvalue weighted by Crippen LogP contribution is 2.50. The van der Waals surface area contributed by atoms with Crippen LogP contribution < -0.4 is 5.46 Å². The summed E-state index contributed by atoms with van der Waals surface area (Å²) in [7, 11) is 0. The van der Waals surface area contributed by atoms with Gasteiger partial charge in [0.25, 0.3) is 0 Å². The molecule has 0 aliphatic carbocycles. The summed E-state index contributed by atoms with van der Waals surface area (Å²) in [5.74, 6) is 0. The Morgan fingerprint density at radius 3 is 1.28 bits per heavy atom. The second-order valence-electron chi connectivity index (χ2n) is 10.8. The molecule has 0 fully saturated rings. The Balaban J connectivity index is 1.69. The molecule has 2 heteroatoms. The molecule has 43 heavy (non-hydrogen) atoms. The Morgan fingerprint density at radius 2 is 0.767 bits per heavy atom. The van der Waals surface area contributed by atoms with E-state index in [0.717, 1.165) is 44.3 Å². The second kappa shape index (κ2) is 12.4. The maximum Gasteiger partial charge on any atom is 0.363 e. The molecule has 0 spiro atoms. The van der Waals surface area contributed by atoms with Gasteiger partial charge < -0.3 is 4.65 Å². The lowest BCUT2D eigenvalue weighted by Gasteiger charge is -2.27. The normalized spacial score (nSPS) is 15.3. The van der Waals surface area contributed by atoms with Crippen LogP contribution >= 0.6 is 0 Å². The molecule has 0 radical (unpaired) electrons. The van der Waals surface area contributed by atoms with E-state index in [1.807, 2.05) is 0 Å². The van der Waals surface area contributed by atoms with E-state index in [1.165, 1.54) is 11.1 Å². The van der Waals surface area contributed by atoms with Gasteiger partial charge >= 0.3 is 6.92 Å². The van der Waals surface area contributed by atoms with Crippen molar-refractivity contribution in [1.82, 2.24) is 0 Å². The number of allylic oxidation sites excluding steroid dienone is 2. The predicted molar refractivity (Wildman–Crippen MR) is 181 cm³/mol. The first-order valence-corrected chi connectivity index (χ1v) is 14.8. The van der Waals surface area contributed by atoms with Gasteiger partial charge in [-0.2, -0.15) is 0 Å². The van der Waals surface area contributed by atoms with Crippen molar-refractivity contribution in [3.8, 4) is 0 Å². The molecule has 204 valence electrons. The van der Waals surface area contributed by atoms with Crippen LogP contribution in [0.2, 0.25) is 0 Å². The van der Waals surface area contributed by atoms with Gasteiger partial charge in [0.1, 0.15) is 0 Å². The largest absolute Gasteiger partial charge is 0.416 e. The minimum atomic E-state index is -0.330. The van der Waals surface area contributed by atoms with Crippen LogP contribution in [0.15, 0.2) is 182 Å². The van der Waals surface area contributed by atoms with Crippen LogP contribution in [0.1, 0.15) is 33.9 Å². The first kappa shape index (κ1) is 26.7. The van der Waals surface area contributed by atoms with Crippen molar-refractivity contribution in [3.05, 3.63) is 210 Å². The molecular weight excluding hydrogens is 519 g/mol. The molecule has 0 N–H and O–H groups in total. The van der Waals surface area contributed by atoms with Gasteiger partial charge in [-0.1, -0.05) is 182 Å². The first-order valence-electron chi connectivity index (χ1n) is 14.8. The Bertz CT molecular complexity index is 1710. The van der Waals surface area contributed by atoms with E-state index in [4.69, 9.17) is 4.65 Å². The fourth-order valence-electron chi connectivity index (χ4n) is 6.19. The average molecular weight is 551 g/mol. The van der Waals surface area contributed by atoms with Gasteiger partial charge in [-0.3, -0.25) is 0 Å². The SMILES string of the molecule is c1ccc(B2O[C@H](c3ccccc3)C(c3ccccc3)=C(c3ccccc3)C(c3ccccc3)=C2c2ccccc2)cc1. The standard InChI is InChI=1S/C41H31BO/c1-7-19-31(20-8-1)37-38(32-21-9-2-10-22-32)40(34-25-13-4-14-26-34)42(36-29-17-6-18-30-36)43-41(35-27-15-5-16-28-35)39(37)33-23-11-3-12-24-33/h1-30,41H/t41-/m1/s1. The molecule has 1 heterocycles. The van der Waals surface area contributed by atoms with Crippen molar-refractivity contribution in [2.24, 2.45) is 0 Å². The summed E-state index contributed by atoms with van der Waals surface area (Å²) >= 11 is 0. The van der Waals surface area contributed by atoms with Gasteiger partial charge in [-0.15, -0.1) is 0 Å². The molecule has 1 aliphatic heterocycles. The molecule has 0 bridgehead atoms. The van der Waals surface area contributed by atoms with Crippen LogP contribution in [0.3, 0.4) is 0 Å². The number of hydrogen-bond acceptors (Lipinski definition) is 1. The van der Waals surface area contributed by atoms with Gasteiger partial charge in [0.05, 0.1) is 6.10 Å². The zero-order valence-electron chi connectivity index (χ0n) is 23.9. The molecule has 1 aliphatic rings. The molecule has 6 aromatic rings. The molecule has 0 aromatic heterocycles. The van der Waals surface area contributed by atoms with Gasteiger partial charge in [0, 0.05) is 0 Å². The lowest BCUT2D eigenvalue weighted by atomic mass is 9.51. The summed E-state index contributed by atoms with van der Waals surface area (Å²) in [6, 6.07) is 64.5. The molecule has 1 nitrogen and oxygen atoms in total. The smallest absolute Gasteiger partial charge is 0.363 e. The quantitative estimate of drug-likeness (QED) is 0.188. The minimum Gasteiger partial charge on any atom is -0.416 e. The summed E-state index contributed by atoms with van der Waals surface area (Å²) < 4.78 is 7.51. The molecule has 7 rings (SSSR count). The number of rotatable bonds is 6. The molecule has 1 atom stereocenters. The van der Waals surface area contributed by atoms with Crippen LogP contribution in [-0.2, 0) is 4.65 Å². The van der Waals surface area contributed by atoms with Crippen LogP contribution in [0.5, 0.6) is 0 Å². The van der Waals surface area contributed by atoms with E-state index >= 15 is 0 Å². The van der Waals surface area contributed by atoms with Crippen molar-refractivity contribution in [2.75, 3.05) is 0 Å². The fraction of sp³-hybridized carbons (Fsp3) is 0.0244. The lowest BCUT2D eigenvalue weighted by Crippen LogP contribution is -2.36. The molecule has 0 unspecified atom stereocenters. The van der Waals surface area contributed by atoms with Gasteiger partial charge in [0.2, 0.25) is 0 Å². The third-order valence-electron chi connectivity index (χ3n) is 8.08. The lowest BCUT2D eigenvalue weighted by molar-refractivity contribution is 0.278. The molecular formula is C41H31BO. The Labute approximate surface area is 254 Å². The molecule has 6 aromatic carbocycles. The van der Waals surface area contributed by atoms with Crippen molar-refractivity contribution in [1.29, 1.82) is 0 Å². The van der Waals surface area contributed by atoms with E-state index < -0.39 is 0 Å². The van der Waals surface area contributed by atoms with Crippen LogP contribution in [-0.4, -0.2) is 6.92 Å². The van der Waals surface area contributed by atoms with E-state index in [1.54, 1.807) is 0 Å². The number of benzene rings is 6. The highest BCUT2D eigenvalue weighted by molar-refractivity contribution is 6.87. The summed E-state index contributed by atoms with van der Waals surface area (Å²) in [5, 5.41) is 0. The summed E-state index contributed by atoms with van der Waals surface area (Å²) in [6.07, 6.45) is -0.330. The molecule has 0 amide bonds. The Hall–Kier alpha value is -5.18. The zero-order valence-corrected chi connectivity index (χ0v) is 23.9. The third kappa shape index (κ3) is 5.41. The van der Waals surface area contributed by atoms with Gasteiger partial charge in [-0.05, 0) is 55.5 Å². The third-order valence-corrected chi connectivity index (χ3v) is 8.08. The van der Waals surface area contributed by atoms with Crippen LogP contribution in [0, 0.1) is 0 Å². The summed E-state index contributed by atoms with van der Waals surface area (Å²) in [4.78, 5) is 0. The van der Waals surface area contributed by atoms with Crippen molar-refractivity contribution in [2.45, 2.75) is 6.10 Å². The van der Waals surface area contributed by atoms with Crippen molar-refractivity contribution < 1.29 is 4.65 Å². The summed E-state index contributed by atoms with van der Waals surface area (Å²) in [5.41, 5.74) is 11.5. The van der Waals surface area contributed by atoms with E-state index in [2.05, 4.69) is 182 Å². The fourth-order valence-corrected chi connectivity index (χ4v) is 6.19. The molecule has 0 saturated heterocycles. The predicted octanol–water partition coefficient (Wildman–Crippen LogP) is 9.42. The zero-order chi connectivity index (χ0) is 28.8. The van der Waals surface area contributed by atoms with Crippen LogP contribution in [0.25, 0.3) is 22.2 Å². The Morgan fingerprint density at radius 1 is 0.372 bits per heavy atom. The summed E-state index contributed by atoms with van der Waals surface area (Å²) in [6.45, 7) is -0.330. The minimum absolute atomic E-state index is 0.330. The van der Waals surface area contributed by atoms with Crippen LogP contribution in [0.4, 0.5) is 0 Å².